The predicted octanol–water partition coefficient (Wildman–Crippen LogP) is 5.43. The van der Waals surface area contributed by atoms with E-state index in [2.05, 4.69) is 95.9 Å². The monoisotopic (exact) mass is 764 g/mol. The fraction of sp³-hybridized carbons (Fsp3) is 0.609. The third-order valence-electron chi connectivity index (χ3n) is 15.7. The smallest absolute Gasteiger partial charge is 0.344 e. The van der Waals surface area contributed by atoms with Crippen LogP contribution in [0.2, 0.25) is 0 Å². The standard InChI is InChI=1S/C46H60N4O6/c1-8-43(53)24-30-23-42(5,37-33(15-19-49(26-30)27-43)32-13-10-11-14-35(32)47-37)34-22-31-25-45-17-20-50-18-12-16-44(9-2,38(45)50)40(56-29(4)51)46(54,41(52)55-7)39(45)48(6)36(31)21-28(34)3/h10-14,16,21-22,30,38-40,47,53-54H,8-9,15,17-20,23-27H2,1-7H3/t30-,38+,39-,40-,42-,43+,44-,45-,46+/m1/s1. The molecule has 300 valence electrons. The molecule has 1 aromatic heterocycles. The Balaban J connectivity index is 1.25. The fourth-order valence-electron chi connectivity index (χ4n) is 13.8. The van der Waals surface area contributed by atoms with Gasteiger partial charge in [-0.05, 0) is 106 Å². The lowest BCUT2D eigenvalue weighted by molar-refractivity contribution is -0.240. The van der Waals surface area contributed by atoms with E-state index in [0.29, 0.717) is 25.3 Å². The number of H-pyrrole nitrogens is 1. The first kappa shape index (κ1) is 37.9. The second kappa shape index (κ2) is 12.9. The second-order valence-electron chi connectivity index (χ2n) is 18.7. The summed E-state index contributed by atoms with van der Waals surface area (Å²) >= 11 is 0. The Morgan fingerprint density at radius 3 is 2.57 bits per heavy atom. The van der Waals surface area contributed by atoms with E-state index in [-0.39, 0.29) is 6.04 Å². The zero-order valence-electron chi connectivity index (χ0n) is 34.3. The number of benzene rings is 2. The molecule has 1 unspecified atom stereocenters. The zero-order chi connectivity index (χ0) is 39.6. The number of carbonyl (C=O) groups is 2. The average molecular weight is 765 g/mol. The fourth-order valence-corrected chi connectivity index (χ4v) is 13.8. The van der Waals surface area contributed by atoms with Crippen LogP contribution in [0.3, 0.4) is 0 Å². The summed E-state index contributed by atoms with van der Waals surface area (Å²) in [5.41, 5.74) is 3.81. The first-order valence-electron chi connectivity index (χ1n) is 21.0. The maximum atomic E-state index is 14.2. The highest BCUT2D eigenvalue weighted by Gasteiger charge is 2.78. The van der Waals surface area contributed by atoms with E-state index < -0.39 is 51.5 Å². The van der Waals surface area contributed by atoms with Gasteiger partial charge in [0.15, 0.2) is 6.10 Å². The predicted molar refractivity (Wildman–Crippen MR) is 217 cm³/mol. The number of para-hydroxylation sites is 1. The van der Waals surface area contributed by atoms with Crippen LogP contribution in [0.1, 0.15) is 87.7 Å². The molecule has 10 atom stereocenters. The minimum Gasteiger partial charge on any atom is -0.467 e. The number of esters is 2. The van der Waals surface area contributed by atoms with Crippen LogP contribution in [0.25, 0.3) is 10.9 Å². The third-order valence-corrected chi connectivity index (χ3v) is 15.7. The molecule has 3 aromatic rings. The number of methoxy groups -OCH3 is 1. The van der Waals surface area contributed by atoms with Crippen LogP contribution in [0.5, 0.6) is 0 Å². The summed E-state index contributed by atoms with van der Waals surface area (Å²) in [6, 6.07) is 12.6. The molecule has 56 heavy (non-hydrogen) atoms. The molecule has 5 aliphatic heterocycles. The van der Waals surface area contributed by atoms with Gasteiger partial charge in [-0.1, -0.05) is 50.3 Å². The number of anilines is 1. The molecule has 0 amide bonds. The van der Waals surface area contributed by atoms with Crippen molar-refractivity contribution in [2.24, 2.45) is 16.7 Å². The molecular formula is C46H60N4O6. The van der Waals surface area contributed by atoms with Gasteiger partial charge in [0.2, 0.25) is 5.60 Å². The Hall–Kier alpha value is -3.70. The van der Waals surface area contributed by atoms with E-state index in [1.807, 2.05) is 7.05 Å². The average Bonchev–Trinajstić information content (AvgIpc) is 3.75. The number of nitrogens with zero attached hydrogens (tertiary/aromatic N) is 3. The number of carbonyl (C=O) groups excluding carboxylic acids is 2. The van der Waals surface area contributed by atoms with E-state index >= 15 is 0 Å². The highest BCUT2D eigenvalue weighted by molar-refractivity contribution is 5.86. The lowest BCUT2D eigenvalue weighted by atomic mass is 9.46. The van der Waals surface area contributed by atoms with Crippen molar-refractivity contribution in [1.82, 2.24) is 14.8 Å². The lowest BCUT2D eigenvalue weighted by Gasteiger charge is -2.67. The number of likely N-dealkylation sites (N-methyl/N-ethyl adjacent to an activating group) is 1. The third kappa shape index (κ3) is 5.07. The maximum Gasteiger partial charge on any atom is 0.344 e. The molecule has 0 radical (unpaired) electrons. The molecule has 2 aromatic carbocycles. The Labute approximate surface area is 331 Å². The zero-order valence-corrected chi connectivity index (χ0v) is 34.3. The molecule has 2 saturated heterocycles. The highest BCUT2D eigenvalue weighted by Crippen LogP contribution is 2.66. The Morgan fingerprint density at radius 2 is 1.84 bits per heavy atom. The van der Waals surface area contributed by atoms with Crippen LogP contribution in [0.4, 0.5) is 5.69 Å². The number of hydrogen-bond acceptors (Lipinski definition) is 9. The van der Waals surface area contributed by atoms with Gasteiger partial charge >= 0.3 is 11.9 Å². The van der Waals surface area contributed by atoms with Gasteiger partial charge in [-0.2, -0.15) is 0 Å². The Kier molecular flexibility index (Phi) is 8.72. The quantitative estimate of drug-likeness (QED) is 0.231. The summed E-state index contributed by atoms with van der Waals surface area (Å²) in [7, 11) is 3.32. The van der Waals surface area contributed by atoms with E-state index in [4.69, 9.17) is 9.47 Å². The molecule has 1 aliphatic carbocycles. The van der Waals surface area contributed by atoms with Crippen LogP contribution in [-0.4, -0.2) is 113 Å². The molecule has 3 fully saturated rings. The van der Waals surface area contributed by atoms with Gasteiger partial charge in [0.05, 0.1) is 18.8 Å². The largest absolute Gasteiger partial charge is 0.467 e. The van der Waals surface area contributed by atoms with E-state index in [9.17, 15) is 19.8 Å². The van der Waals surface area contributed by atoms with E-state index in [0.717, 1.165) is 75.1 Å². The molecule has 3 N–H and O–H groups in total. The van der Waals surface area contributed by atoms with Crippen LogP contribution < -0.4 is 4.90 Å². The van der Waals surface area contributed by atoms with Crippen LogP contribution >= 0.6 is 0 Å². The highest BCUT2D eigenvalue weighted by atomic mass is 16.6. The number of fused-ring (bicyclic) bond motifs is 6. The van der Waals surface area contributed by atoms with Gasteiger partial charge in [-0.15, -0.1) is 0 Å². The number of aryl methyl sites for hydroxylation is 1. The van der Waals surface area contributed by atoms with Crippen molar-refractivity contribution >= 4 is 28.5 Å². The van der Waals surface area contributed by atoms with Crippen molar-refractivity contribution in [1.29, 1.82) is 0 Å². The van der Waals surface area contributed by atoms with Crippen LogP contribution in [0, 0.1) is 23.7 Å². The Bertz CT molecular complexity index is 2130. The minimum absolute atomic E-state index is 0.0784. The topological polar surface area (TPSA) is 119 Å². The van der Waals surface area contributed by atoms with Crippen molar-refractivity contribution in [3.8, 4) is 0 Å². The molecule has 10 nitrogen and oxygen atoms in total. The number of hydrogen-bond donors (Lipinski definition) is 3. The summed E-state index contributed by atoms with van der Waals surface area (Å²) in [5, 5.41) is 26.3. The summed E-state index contributed by atoms with van der Waals surface area (Å²) in [5.74, 6) is -0.997. The van der Waals surface area contributed by atoms with Gasteiger partial charge < -0.3 is 29.6 Å². The first-order chi connectivity index (χ1) is 26.7. The van der Waals surface area contributed by atoms with Gasteiger partial charge in [0.1, 0.15) is 0 Å². The SMILES string of the molecule is CC[C@]1(O)C[C@@H]2CN(CCc3c([nH]c4ccccc34)[C@@](C)(c3cc4c(cc3C)N(C)[C@@H]3[C@]5(CCN6CC=C[C@@](CC)([C@@H](OC(C)=O)[C@]3(O)C(=O)OC)[C@H]65)C4)C2)C1. The van der Waals surface area contributed by atoms with Crippen LogP contribution in [-0.2, 0) is 37.3 Å². The first-order valence-corrected chi connectivity index (χ1v) is 21.0. The Morgan fingerprint density at radius 1 is 1.05 bits per heavy atom. The number of aliphatic hydroxyl groups is 2. The molecular weight excluding hydrogens is 705 g/mol. The summed E-state index contributed by atoms with van der Waals surface area (Å²) in [6.45, 7) is 14.3. The summed E-state index contributed by atoms with van der Waals surface area (Å²) in [6.07, 6.45) is 8.45. The van der Waals surface area contributed by atoms with Crippen LogP contribution in [0.15, 0.2) is 48.6 Å². The molecule has 1 saturated carbocycles. The van der Waals surface area contributed by atoms with Crippen molar-refractivity contribution in [2.75, 3.05) is 51.8 Å². The van der Waals surface area contributed by atoms with Gasteiger partial charge in [0.25, 0.3) is 0 Å². The number of aromatic nitrogens is 1. The molecule has 6 heterocycles. The van der Waals surface area contributed by atoms with Crippen molar-refractivity contribution in [2.45, 2.75) is 114 Å². The maximum absolute atomic E-state index is 14.2. The number of ether oxygens (including phenoxy) is 2. The van der Waals surface area contributed by atoms with Gasteiger partial charge in [-0.25, -0.2) is 4.79 Å². The molecule has 10 heteroatoms. The van der Waals surface area contributed by atoms with E-state index in [1.54, 1.807) is 0 Å². The number of piperidine rings is 1. The van der Waals surface area contributed by atoms with Gasteiger partial charge in [0, 0.05) is 84.7 Å². The number of aromatic amines is 1. The molecule has 6 aliphatic rings. The van der Waals surface area contributed by atoms with Crippen molar-refractivity contribution in [3.63, 3.8) is 0 Å². The minimum atomic E-state index is -2.13. The summed E-state index contributed by atoms with van der Waals surface area (Å²) in [4.78, 5) is 38.2. The number of nitrogens with one attached hydrogen (secondary N) is 1. The lowest BCUT2D eigenvalue weighted by Crippen LogP contribution is -2.82. The summed E-state index contributed by atoms with van der Waals surface area (Å²) < 4.78 is 11.6. The van der Waals surface area contributed by atoms with Crippen molar-refractivity contribution < 1.29 is 29.3 Å². The molecule has 9 rings (SSSR count). The normalized spacial score (nSPS) is 38.7. The van der Waals surface area contributed by atoms with Crippen molar-refractivity contribution in [3.05, 3.63) is 76.5 Å². The second-order valence-corrected chi connectivity index (χ2v) is 18.7. The number of rotatable bonds is 5. The van der Waals surface area contributed by atoms with Gasteiger partial charge in [-0.3, -0.25) is 14.6 Å². The molecule has 1 spiro atoms. The van der Waals surface area contributed by atoms with E-state index in [1.165, 1.54) is 41.8 Å². The molecule has 2 bridgehead atoms.